The van der Waals surface area contributed by atoms with Crippen LogP contribution in [-0.2, 0) is 5.41 Å². The van der Waals surface area contributed by atoms with Crippen molar-refractivity contribution in [3.05, 3.63) is 77.2 Å². The highest BCUT2D eigenvalue weighted by molar-refractivity contribution is 5.64. The molecule has 1 fully saturated rings. The molecule has 12 heteroatoms. The lowest BCUT2D eigenvalue weighted by Crippen LogP contribution is -2.38. The van der Waals surface area contributed by atoms with Crippen molar-refractivity contribution in [1.29, 1.82) is 0 Å². The predicted octanol–water partition coefficient (Wildman–Crippen LogP) is 6.28. The SMILES string of the molecule is C[C@@H](NCC(F)(F)F)c1coc(-c2cncc([C@@]34CC[C@@H](c5cc(-c6c(F)cccc6F)nnc53)C4(C)C)n2)n1. The topological polar surface area (TPSA) is 89.6 Å². The summed E-state index contributed by atoms with van der Waals surface area (Å²) in [5.74, 6) is -1.24. The number of hydrogen-bond acceptors (Lipinski definition) is 7. The molecular weight excluding hydrogens is 531 g/mol. The molecule has 1 aromatic carbocycles. The van der Waals surface area contributed by atoms with Crippen LogP contribution in [0.5, 0.6) is 0 Å². The molecule has 3 atom stereocenters. The third-order valence-electron chi connectivity index (χ3n) is 8.47. The lowest BCUT2D eigenvalue weighted by molar-refractivity contribution is -0.126. The van der Waals surface area contributed by atoms with Gasteiger partial charge in [0.25, 0.3) is 0 Å². The first-order valence-electron chi connectivity index (χ1n) is 12.8. The van der Waals surface area contributed by atoms with E-state index in [2.05, 4.69) is 39.3 Å². The molecule has 0 radical (unpaired) electrons. The summed E-state index contributed by atoms with van der Waals surface area (Å²) in [5.41, 5.74) is 1.69. The average molecular weight is 557 g/mol. The van der Waals surface area contributed by atoms with Gasteiger partial charge in [-0.1, -0.05) is 19.9 Å². The number of hydrogen-bond donors (Lipinski definition) is 1. The van der Waals surface area contributed by atoms with Crippen molar-refractivity contribution in [3.63, 3.8) is 0 Å². The fourth-order valence-electron chi connectivity index (χ4n) is 6.41. The molecule has 2 aliphatic rings. The van der Waals surface area contributed by atoms with E-state index in [1.165, 1.54) is 30.7 Å². The molecule has 0 amide bonds. The molecular formula is C28H25F5N6O. The van der Waals surface area contributed by atoms with Gasteiger partial charge in [-0.3, -0.25) is 4.98 Å². The maximum atomic E-state index is 14.5. The Labute approximate surface area is 226 Å². The third kappa shape index (κ3) is 3.99. The molecule has 2 bridgehead atoms. The van der Waals surface area contributed by atoms with Gasteiger partial charge in [0, 0.05) is 6.20 Å². The minimum atomic E-state index is -4.35. The first-order chi connectivity index (χ1) is 18.9. The zero-order valence-corrected chi connectivity index (χ0v) is 21.9. The summed E-state index contributed by atoms with van der Waals surface area (Å²) in [6, 6.07) is 4.70. The van der Waals surface area contributed by atoms with Gasteiger partial charge >= 0.3 is 6.18 Å². The van der Waals surface area contributed by atoms with E-state index < -0.39 is 35.8 Å². The highest BCUT2D eigenvalue weighted by Gasteiger charge is 2.65. The second-order valence-electron chi connectivity index (χ2n) is 10.9. The van der Waals surface area contributed by atoms with Crippen LogP contribution in [0.3, 0.4) is 0 Å². The van der Waals surface area contributed by atoms with E-state index in [0.717, 1.165) is 12.0 Å². The van der Waals surface area contributed by atoms with Crippen molar-refractivity contribution in [1.82, 2.24) is 30.5 Å². The van der Waals surface area contributed by atoms with Gasteiger partial charge in [-0.15, -0.1) is 5.10 Å². The number of nitrogens with zero attached hydrogens (tertiary/aromatic N) is 5. The standard InChI is InChI=1S/C28H25F5N6O/c1-14(35-13-28(31,32)33)21-12-40-25(37-21)20-10-34-11-22(36-20)27-8-7-16(26(27,2)3)15-9-19(38-39-24(15)27)23-17(29)5-4-6-18(23)30/h4-6,9-12,14,16,35H,7-8,13H2,1-3H3/t14-,16+,27+/m1/s1. The largest absolute Gasteiger partial charge is 0.443 e. The molecule has 0 saturated heterocycles. The van der Waals surface area contributed by atoms with Gasteiger partial charge in [-0.2, -0.15) is 18.3 Å². The van der Waals surface area contributed by atoms with E-state index in [1.54, 1.807) is 19.2 Å². The molecule has 40 heavy (non-hydrogen) atoms. The summed E-state index contributed by atoms with van der Waals surface area (Å²) >= 11 is 0. The quantitative estimate of drug-likeness (QED) is 0.280. The minimum Gasteiger partial charge on any atom is -0.443 e. The summed E-state index contributed by atoms with van der Waals surface area (Å²) in [5, 5.41) is 11.1. The van der Waals surface area contributed by atoms with Crippen LogP contribution in [0.1, 0.15) is 68.2 Å². The number of nitrogens with one attached hydrogen (secondary N) is 1. The molecule has 1 N–H and O–H groups in total. The van der Waals surface area contributed by atoms with Gasteiger partial charge in [0.05, 0.1) is 52.5 Å². The zero-order chi connectivity index (χ0) is 28.4. The molecule has 208 valence electrons. The van der Waals surface area contributed by atoms with Crippen molar-refractivity contribution in [2.45, 2.75) is 57.2 Å². The Morgan fingerprint density at radius 2 is 1.82 bits per heavy atom. The monoisotopic (exact) mass is 556 g/mol. The van der Waals surface area contributed by atoms with Crippen LogP contribution in [0.2, 0.25) is 0 Å². The molecule has 3 heterocycles. The maximum absolute atomic E-state index is 14.5. The second-order valence-corrected chi connectivity index (χ2v) is 10.9. The minimum absolute atomic E-state index is 0.0472. The van der Waals surface area contributed by atoms with Gasteiger partial charge in [0.15, 0.2) is 0 Å². The van der Waals surface area contributed by atoms with Crippen molar-refractivity contribution in [3.8, 4) is 22.8 Å². The highest BCUT2D eigenvalue weighted by atomic mass is 19.4. The third-order valence-corrected chi connectivity index (χ3v) is 8.47. The Morgan fingerprint density at radius 1 is 1.07 bits per heavy atom. The molecule has 3 aromatic heterocycles. The Kier molecular flexibility index (Phi) is 6.02. The Bertz CT molecular complexity index is 1580. The van der Waals surface area contributed by atoms with Gasteiger partial charge in [0.2, 0.25) is 5.89 Å². The maximum Gasteiger partial charge on any atom is 0.401 e. The Balaban J connectivity index is 1.37. The number of benzene rings is 1. The van der Waals surface area contributed by atoms with Crippen molar-refractivity contribution in [2.75, 3.05) is 6.54 Å². The number of halogens is 5. The summed E-state index contributed by atoms with van der Waals surface area (Å²) in [7, 11) is 0. The van der Waals surface area contributed by atoms with Crippen LogP contribution in [0.25, 0.3) is 22.8 Å². The molecule has 4 aromatic rings. The van der Waals surface area contributed by atoms with Gasteiger partial charge in [0.1, 0.15) is 23.6 Å². The van der Waals surface area contributed by atoms with Crippen LogP contribution in [0.4, 0.5) is 22.0 Å². The Morgan fingerprint density at radius 3 is 2.55 bits per heavy atom. The summed E-state index contributed by atoms with van der Waals surface area (Å²) < 4.78 is 72.5. The smallest absolute Gasteiger partial charge is 0.401 e. The number of alkyl halides is 3. The van der Waals surface area contributed by atoms with Gasteiger partial charge in [-0.05, 0) is 54.9 Å². The van der Waals surface area contributed by atoms with E-state index in [0.29, 0.717) is 29.2 Å². The van der Waals surface area contributed by atoms with Crippen LogP contribution >= 0.6 is 0 Å². The highest BCUT2D eigenvalue weighted by Crippen LogP contribution is 2.69. The van der Waals surface area contributed by atoms with Crippen LogP contribution in [0.15, 0.2) is 47.3 Å². The van der Waals surface area contributed by atoms with E-state index in [4.69, 9.17) is 9.40 Å². The molecule has 0 unspecified atom stereocenters. The van der Waals surface area contributed by atoms with Gasteiger partial charge in [-0.25, -0.2) is 18.7 Å². The molecule has 0 spiro atoms. The van der Waals surface area contributed by atoms with Crippen LogP contribution in [0, 0.1) is 17.0 Å². The molecule has 0 aliphatic heterocycles. The predicted molar refractivity (Wildman–Crippen MR) is 134 cm³/mol. The van der Waals surface area contributed by atoms with Gasteiger partial charge < -0.3 is 9.73 Å². The molecule has 7 nitrogen and oxygen atoms in total. The van der Waals surface area contributed by atoms with Crippen molar-refractivity contribution < 1.29 is 26.4 Å². The molecule has 2 aliphatic carbocycles. The van der Waals surface area contributed by atoms with Crippen molar-refractivity contribution >= 4 is 0 Å². The first kappa shape index (κ1) is 26.4. The first-order valence-corrected chi connectivity index (χ1v) is 12.8. The number of fused-ring (bicyclic) bond motifs is 5. The normalized spacial score (nSPS) is 21.9. The second kappa shape index (κ2) is 9.12. The lowest BCUT2D eigenvalue weighted by atomic mass is 9.66. The number of rotatable bonds is 6. The average Bonchev–Trinajstić information content (AvgIpc) is 3.55. The number of oxazole rings is 1. The van der Waals surface area contributed by atoms with E-state index in [1.807, 2.05) is 0 Å². The molecule has 1 saturated carbocycles. The zero-order valence-electron chi connectivity index (χ0n) is 21.9. The molecule has 6 rings (SSSR count). The van der Waals surface area contributed by atoms with Crippen LogP contribution in [-0.4, -0.2) is 37.9 Å². The lowest BCUT2D eigenvalue weighted by Gasteiger charge is -2.37. The Hall–Kier alpha value is -3.80. The fourth-order valence-corrected chi connectivity index (χ4v) is 6.41. The van der Waals surface area contributed by atoms with E-state index in [9.17, 15) is 22.0 Å². The van der Waals surface area contributed by atoms with E-state index >= 15 is 0 Å². The van der Waals surface area contributed by atoms with Crippen molar-refractivity contribution in [2.24, 2.45) is 5.41 Å². The summed E-state index contributed by atoms with van der Waals surface area (Å²) in [6.45, 7) is 4.63. The fraction of sp³-hybridized carbons (Fsp3) is 0.393. The summed E-state index contributed by atoms with van der Waals surface area (Å²) in [4.78, 5) is 13.6. The summed E-state index contributed by atoms with van der Waals surface area (Å²) in [6.07, 6.45) is 1.61. The van der Waals surface area contributed by atoms with E-state index in [-0.39, 0.29) is 28.5 Å². The van der Waals surface area contributed by atoms with Crippen LogP contribution < -0.4 is 5.32 Å². The number of aromatic nitrogens is 5.